The Morgan fingerprint density at radius 1 is 1.33 bits per heavy atom. The van der Waals surface area contributed by atoms with Crippen molar-refractivity contribution in [1.29, 1.82) is 0 Å². The van der Waals surface area contributed by atoms with Crippen molar-refractivity contribution in [3.63, 3.8) is 0 Å². The molecule has 86 valence electrons. The molecule has 0 aliphatic heterocycles. The van der Waals surface area contributed by atoms with Crippen molar-refractivity contribution in [1.82, 2.24) is 5.16 Å². The van der Waals surface area contributed by atoms with E-state index < -0.39 is 0 Å². The van der Waals surface area contributed by atoms with Crippen LogP contribution in [0.15, 0.2) is 4.52 Å². The van der Waals surface area contributed by atoms with Crippen molar-refractivity contribution < 1.29 is 4.52 Å². The van der Waals surface area contributed by atoms with Crippen LogP contribution in [-0.4, -0.2) is 5.16 Å². The molecule has 0 radical (unpaired) electrons. The normalized spacial score (nSPS) is 13.0. The molecular formula is C12H22N2O. The second-order valence-corrected chi connectivity index (χ2v) is 4.01. The fourth-order valence-electron chi connectivity index (χ4n) is 2.00. The van der Waals surface area contributed by atoms with Gasteiger partial charge in [0.05, 0.1) is 5.69 Å². The van der Waals surface area contributed by atoms with Crippen molar-refractivity contribution >= 4 is 5.88 Å². The molecule has 1 atom stereocenters. The van der Waals surface area contributed by atoms with E-state index >= 15 is 0 Å². The standard InChI is InChI=1S/C12H22N2O/c1-4-7-8-9(5-2)11-10(6-3)12(13)15-14-11/h9H,4-8,13H2,1-3H3. The molecule has 0 spiro atoms. The molecule has 15 heavy (non-hydrogen) atoms. The third-order valence-corrected chi connectivity index (χ3v) is 2.99. The molecule has 0 saturated heterocycles. The average molecular weight is 210 g/mol. The Hall–Kier alpha value is -0.990. The zero-order valence-electron chi connectivity index (χ0n) is 10.0. The maximum Gasteiger partial charge on any atom is 0.225 e. The highest BCUT2D eigenvalue weighted by atomic mass is 16.5. The van der Waals surface area contributed by atoms with Crippen LogP contribution in [-0.2, 0) is 6.42 Å². The van der Waals surface area contributed by atoms with Crippen LogP contribution in [0.2, 0.25) is 0 Å². The van der Waals surface area contributed by atoms with Crippen LogP contribution >= 0.6 is 0 Å². The maximum atomic E-state index is 5.74. The Morgan fingerprint density at radius 3 is 2.60 bits per heavy atom. The van der Waals surface area contributed by atoms with E-state index in [4.69, 9.17) is 10.3 Å². The zero-order valence-corrected chi connectivity index (χ0v) is 10.0. The highest BCUT2D eigenvalue weighted by Gasteiger charge is 2.19. The lowest BCUT2D eigenvalue weighted by atomic mass is 9.92. The lowest BCUT2D eigenvalue weighted by Crippen LogP contribution is -2.02. The van der Waals surface area contributed by atoms with Crippen molar-refractivity contribution in [2.75, 3.05) is 5.73 Å². The van der Waals surface area contributed by atoms with Crippen molar-refractivity contribution in [2.45, 2.75) is 58.8 Å². The van der Waals surface area contributed by atoms with Gasteiger partial charge in [0.2, 0.25) is 5.88 Å². The second-order valence-electron chi connectivity index (χ2n) is 4.01. The minimum atomic E-state index is 0.502. The Kier molecular flexibility index (Phi) is 4.66. The number of nitrogen functional groups attached to an aromatic ring is 1. The molecule has 1 aromatic rings. The summed E-state index contributed by atoms with van der Waals surface area (Å²) in [6.45, 7) is 6.51. The fraction of sp³-hybridized carbons (Fsp3) is 0.750. The zero-order chi connectivity index (χ0) is 11.3. The highest BCUT2D eigenvalue weighted by molar-refractivity contribution is 5.40. The molecule has 0 aliphatic carbocycles. The van der Waals surface area contributed by atoms with Gasteiger partial charge in [-0.3, -0.25) is 0 Å². The average Bonchev–Trinajstić information content (AvgIpc) is 2.61. The Bertz CT molecular complexity index is 294. The monoisotopic (exact) mass is 210 g/mol. The van der Waals surface area contributed by atoms with Gasteiger partial charge in [-0.2, -0.15) is 0 Å². The quantitative estimate of drug-likeness (QED) is 0.781. The summed E-state index contributed by atoms with van der Waals surface area (Å²) in [5.41, 5.74) is 7.94. The number of nitrogens with zero attached hydrogens (tertiary/aromatic N) is 1. The number of unbranched alkanes of at least 4 members (excludes halogenated alkanes) is 1. The van der Waals surface area contributed by atoms with E-state index in [1.807, 2.05) is 0 Å². The van der Waals surface area contributed by atoms with Crippen LogP contribution in [0.25, 0.3) is 0 Å². The summed E-state index contributed by atoms with van der Waals surface area (Å²) in [5.74, 6) is 1.02. The number of anilines is 1. The van der Waals surface area contributed by atoms with Crippen LogP contribution in [0.3, 0.4) is 0 Å². The van der Waals surface area contributed by atoms with Gasteiger partial charge in [0.25, 0.3) is 0 Å². The van der Waals surface area contributed by atoms with E-state index in [1.165, 1.54) is 19.3 Å². The van der Waals surface area contributed by atoms with E-state index in [0.29, 0.717) is 11.8 Å². The predicted octanol–water partition coefficient (Wildman–Crippen LogP) is 3.50. The Labute approximate surface area is 92.0 Å². The van der Waals surface area contributed by atoms with Crippen LogP contribution in [0.4, 0.5) is 5.88 Å². The van der Waals surface area contributed by atoms with Gasteiger partial charge in [-0.1, -0.05) is 38.8 Å². The smallest absolute Gasteiger partial charge is 0.225 e. The molecule has 1 unspecified atom stereocenters. The lowest BCUT2D eigenvalue weighted by Gasteiger charge is -2.12. The number of nitrogens with two attached hydrogens (primary N) is 1. The van der Waals surface area contributed by atoms with Gasteiger partial charge >= 0.3 is 0 Å². The molecule has 1 heterocycles. The number of hydrogen-bond donors (Lipinski definition) is 1. The first-order valence-electron chi connectivity index (χ1n) is 5.98. The van der Waals surface area contributed by atoms with Gasteiger partial charge in [0, 0.05) is 11.5 Å². The minimum absolute atomic E-state index is 0.502. The van der Waals surface area contributed by atoms with Gasteiger partial charge in [-0.05, 0) is 19.3 Å². The van der Waals surface area contributed by atoms with Gasteiger partial charge in [-0.25, -0.2) is 0 Å². The van der Waals surface area contributed by atoms with E-state index in [0.717, 1.165) is 24.1 Å². The molecule has 0 saturated carbocycles. The van der Waals surface area contributed by atoms with Gasteiger partial charge in [-0.15, -0.1) is 0 Å². The lowest BCUT2D eigenvalue weighted by molar-refractivity contribution is 0.412. The molecule has 1 rings (SSSR count). The molecule has 3 nitrogen and oxygen atoms in total. The second kappa shape index (κ2) is 5.79. The number of hydrogen-bond acceptors (Lipinski definition) is 3. The fourth-order valence-corrected chi connectivity index (χ4v) is 2.00. The topological polar surface area (TPSA) is 52.0 Å². The number of rotatable bonds is 6. The van der Waals surface area contributed by atoms with E-state index in [9.17, 15) is 0 Å². The molecular weight excluding hydrogens is 188 g/mol. The maximum absolute atomic E-state index is 5.74. The van der Waals surface area contributed by atoms with Gasteiger partial charge < -0.3 is 10.3 Å². The molecule has 0 bridgehead atoms. The van der Waals surface area contributed by atoms with Crippen molar-refractivity contribution in [2.24, 2.45) is 0 Å². The molecule has 0 amide bonds. The Balaban J connectivity index is 2.81. The largest absolute Gasteiger partial charge is 0.367 e. The summed E-state index contributed by atoms with van der Waals surface area (Å²) in [6, 6.07) is 0. The molecule has 0 aliphatic rings. The van der Waals surface area contributed by atoms with Crippen molar-refractivity contribution in [3.8, 4) is 0 Å². The summed E-state index contributed by atoms with van der Waals surface area (Å²) >= 11 is 0. The number of aromatic nitrogens is 1. The van der Waals surface area contributed by atoms with Crippen LogP contribution < -0.4 is 5.73 Å². The van der Waals surface area contributed by atoms with Crippen LogP contribution in [0.1, 0.15) is 63.6 Å². The summed E-state index contributed by atoms with van der Waals surface area (Å²) in [7, 11) is 0. The van der Waals surface area contributed by atoms with Crippen LogP contribution in [0.5, 0.6) is 0 Å². The summed E-state index contributed by atoms with van der Waals surface area (Å²) < 4.78 is 5.08. The van der Waals surface area contributed by atoms with E-state index in [2.05, 4.69) is 25.9 Å². The highest BCUT2D eigenvalue weighted by Crippen LogP contribution is 2.30. The minimum Gasteiger partial charge on any atom is -0.367 e. The third kappa shape index (κ3) is 2.74. The first-order valence-corrected chi connectivity index (χ1v) is 5.98. The molecule has 1 aromatic heterocycles. The summed E-state index contributed by atoms with van der Waals surface area (Å²) in [5, 5.41) is 4.11. The first kappa shape index (κ1) is 12.1. The van der Waals surface area contributed by atoms with Crippen molar-refractivity contribution in [3.05, 3.63) is 11.3 Å². The molecule has 2 N–H and O–H groups in total. The van der Waals surface area contributed by atoms with Gasteiger partial charge in [0.15, 0.2) is 0 Å². The van der Waals surface area contributed by atoms with E-state index in [1.54, 1.807) is 0 Å². The third-order valence-electron chi connectivity index (χ3n) is 2.99. The van der Waals surface area contributed by atoms with Crippen LogP contribution in [0, 0.1) is 0 Å². The SMILES string of the molecule is CCCCC(CC)c1noc(N)c1CC. The molecule has 3 heteroatoms. The molecule has 0 aromatic carbocycles. The predicted molar refractivity (Wildman–Crippen MR) is 62.9 cm³/mol. The first-order chi connectivity index (χ1) is 7.24. The van der Waals surface area contributed by atoms with Gasteiger partial charge in [0.1, 0.15) is 0 Å². The summed E-state index contributed by atoms with van der Waals surface area (Å²) in [4.78, 5) is 0. The van der Waals surface area contributed by atoms with E-state index in [-0.39, 0.29) is 0 Å². The Morgan fingerprint density at radius 2 is 2.07 bits per heavy atom. The molecule has 0 fully saturated rings. The summed E-state index contributed by atoms with van der Waals surface area (Å²) in [6.07, 6.45) is 5.68.